The van der Waals surface area contributed by atoms with Crippen LogP contribution in [0.2, 0.25) is 0 Å². The Morgan fingerprint density at radius 2 is 2.00 bits per heavy atom. The van der Waals surface area contributed by atoms with Gasteiger partial charge in [-0.3, -0.25) is 4.90 Å². The second-order valence-electron chi connectivity index (χ2n) is 4.40. The van der Waals surface area contributed by atoms with E-state index in [0.29, 0.717) is 12.6 Å². The summed E-state index contributed by atoms with van der Waals surface area (Å²) >= 11 is 0.0350. The van der Waals surface area contributed by atoms with Crippen molar-refractivity contribution in [3.8, 4) is 0 Å². The van der Waals surface area contributed by atoms with Gasteiger partial charge in [0.25, 0.3) is 0 Å². The molecule has 0 bridgehead atoms. The molecule has 0 aromatic heterocycles. The molecule has 1 aliphatic heterocycles. The summed E-state index contributed by atoms with van der Waals surface area (Å²) in [6.07, 6.45) is 0. The number of piperazine rings is 1. The van der Waals surface area contributed by atoms with Crippen molar-refractivity contribution in [1.82, 2.24) is 15.1 Å². The fourth-order valence-corrected chi connectivity index (χ4v) is 2.31. The van der Waals surface area contributed by atoms with E-state index in [0.717, 1.165) is 26.2 Å². The van der Waals surface area contributed by atoms with Gasteiger partial charge in [0, 0.05) is 44.5 Å². The number of halogens is 3. The highest BCUT2D eigenvalue weighted by atomic mass is 32.2. The van der Waals surface area contributed by atoms with E-state index >= 15 is 0 Å². The molecule has 17 heavy (non-hydrogen) atoms. The summed E-state index contributed by atoms with van der Waals surface area (Å²) < 4.78 is 35.6. The molecule has 0 amide bonds. The zero-order chi connectivity index (χ0) is 12.9. The smallest absolute Gasteiger partial charge is 0.314 e. The van der Waals surface area contributed by atoms with Gasteiger partial charge in [0.1, 0.15) is 0 Å². The molecule has 3 nitrogen and oxygen atoms in total. The molecule has 7 heteroatoms. The number of hydrogen-bond acceptors (Lipinski definition) is 4. The van der Waals surface area contributed by atoms with Gasteiger partial charge >= 0.3 is 5.51 Å². The van der Waals surface area contributed by atoms with Crippen molar-refractivity contribution in [2.75, 3.05) is 52.6 Å². The molecular weight excluding hydrogens is 251 g/mol. The molecule has 0 saturated carbocycles. The first-order valence-corrected chi connectivity index (χ1v) is 6.67. The van der Waals surface area contributed by atoms with Gasteiger partial charge in [-0.25, -0.2) is 0 Å². The zero-order valence-corrected chi connectivity index (χ0v) is 11.1. The molecule has 1 aliphatic rings. The lowest BCUT2D eigenvalue weighted by atomic mass is 10.2. The van der Waals surface area contributed by atoms with E-state index in [-0.39, 0.29) is 17.5 Å². The largest absolute Gasteiger partial charge is 0.441 e. The van der Waals surface area contributed by atoms with Gasteiger partial charge in [0.15, 0.2) is 0 Å². The lowest BCUT2D eigenvalue weighted by molar-refractivity contribution is -0.0327. The van der Waals surface area contributed by atoms with Crippen LogP contribution in [0.3, 0.4) is 0 Å². The number of nitrogens with one attached hydrogen (secondary N) is 1. The Bertz CT molecular complexity index is 225. The molecule has 1 N–H and O–H groups in total. The number of thioether (sulfide) groups is 1. The van der Waals surface area contributed by atoms with Crippen LogP contribution in [0.15, 0.2) is 0 Å². The Morgan fingerprint density at radius 1 is 1.29 bits per heavy atom. The summed E-state index contributed by atoms with van der Waals surface area (Å²) in [7, 11) is 4.13. The van der Waals surface area contributed by atoms with Crippen molar-refractivity contribution in [3.63, 3.8) is 0 Å². The summed E-state index contributed by atoms with van der Waals surface area (Å²) in [5.74, 6) is 0.0791. The quantitative estimate of drug-likeness (QED) is 0.754. The van der Waals surface area contributed by atoms with E-state index in [1.165, 1.54) is 0 Å². The molecule has 1 rings (SSSR count). The van der Waals surface area contributed by atoms with E-state index in [1.54, 1.807) is 0 Å². The molecule has 102 valence electrons. The van der Waals surface area contributed by atoms with E-state index in [2.05, 4.69) is 29.2 Å². The van der Waals surface area contributed by atoms with Crippen LogP contribution in [0, 0.1) is 0 Å². The van der Waals surface area contributed by atoms with Gasteiger partial charge in [-0.2, -0.15) is 13.2 Å². The maximum Gasteiger partial charge on any atom is 0.441 e. The van der Waals surface area contributed by atoms with Crippen LogP contribution in [0.4, 0.5) is 13.2 Å². The Kier molecular flexibility index (Phi) is 6.05. The van der Waals surface area contributed by atoms with Crippen LogP contribution in [-0.2, 0) is 0 Å². The van der Waals surface area contributed by atoms with Crippen LogP contribution < -0.4 is 5.32 Å². The third-order valence-electron chi connectivity index (χ3n) is 2.90. The van der Waals surface area contributed by atoms with Crippen LogP contribution in [0.5, 0.6) is 0 Å². The Morgan fingerprint density at radius 3 is 2.65 bits per heavy atom. The lowest BCUT2D eigenvalue weighted by Crippen LogP contribution is -2.53. The molecule has 0 radical (unpaired) electrons. The maximum atomic E-state index is 11.9. The van der Waals surface area contributed by atoms with Crippen LogP contribution in [0.1, 0.15) is 0 Å². The van der Waals surface area contributed by atoms with E-state index in [4.69, 9.17) is 0 Å². The predicted molar refractivity (Wildman–Crippen MR) is 65.3 cm³/mol. The molecular formula is C10H20F3N3S. The normalized spacial score (nSPS) is 24.2. The predicted octanol–water partition coefficient (Wildman–Crippen LogP) is 1.07. The fourth-order valence-electron chi connectivity index (χ4n) is 1.83. The third kappa shape index (κ3) is 6.49. The average molecular weight is 271 g/mol. The summed E-state index contributed by atoms with van der Waals surface area (Å²) in [6, 6.07) is 0.393. The summed E-state index contributed by atoms with van der Waals surface area (Å²) in [5, 5.41) is 3.09. The average Bonchev–Trinajstić information content (AvgIpc) is 2.21. The topological polar surface area (TPSA) is 18.5 Å². The zero-order valence-electron chi connectivity index (χ0n) is 10.3. The highest BCUT2D eigenvalue weighted by Crippen LogP contribution is 2.29. The van der Waals surface area contributed by atoms with Crippen molar-refractivity contribution in [2.24, 2.45) is 0 Å². The number of rotatable bonds is 5. The summed E-state index contributed by atoms with van der Waals surface area (Å²) in [6.45, 7) is 4.18. The monoisotopic (exact) mass is 271 g/mol. The van der Waals surface area contributed by atoms with Crippen LogP contribution in [-0.4, -0.2) is 73.9 Å². The van der Waals surface area contributed by atoms with E-state index < -0.39 is 5.51 Å². The van der Waals surface area contributed by atoms with Crippen molar-refractivity contribution in [3.05, 3.63) is 0 Å². The summed E-state index contributed by atoms with van der Waals surface area (Å²) in [5.41, 5.74) is -4.11. The van der Waals surface area contributed by atoms with Gasteiger partial charge in [-0.1, -0.05) is 0 Å². The fraction of sp³-hybridized carbons (Fsp3) is 1.00. The number of alkyl halides is 3. The van der Waals surface area contributed by atoms with Crippen molar-refractivity contribution in [2.45, 2.75) is 11.6 Å². The number of hydrogen-bond donors (Lipinski definition) is 1. The van der Waals surface area contributed by atoms with Gasteiger partial charge in [-0.15, -0.1) is 0 Å². The minimum atomic E-state index is -4.11. The molecule has 1 heterocycles. The van der Waals surface area contributed by atoms with E-state index in [1.807, 2.05) is 0 Å². The van der Waals surface area contributed by atoms with Crippen molar-refractivity contribution >= 4 is 11.8 Å². The first kappa shape index (κ1) is 15.1. The van der Waals surface area contributed by atoms with Gasteiger partial charge < -0.3 is 10.2 Å². The van der Waals surface area contributed by atoms with Gasteiger partial charge in [0.2, 0.25) is 0 Å². The number of likely N-dealkylation sites (N-methyl/N-ethyl adjacent to an activating group) is 2. The molecule has 1 unspecified atom stereocenters. The molecule has 0 aromatic carbocycles. The third-order valence-corrected chi connectivity index (χ3v) is 3.64. The molecule has 1 fully saturated rings. The Labute approximate surface area is 105 Å². The minimum Gasteiger partial charge on any atom is -0.314 e. The molecule has 1 saturated heterocycles. The SMILES string of the molecule is CN1CCN(C)C(CNCCSC(F)(F)F)C1. The molecule has 0 spiro atoms. The number of nitrogens with zero attached hydrogens (tertiary/aromatic N) is 2. The van der Waals surface area contributed by atoms with Crippen molar-refractivity contribution < 1.29 is 13.2 Å². The van der Waals surface area contributed by atoms with E-state index in [9.17, 15) is 13.2 Å². The molecule has 1 atom stereocenters. The molecule has 0 aromatic rings. The second kappa shape index (κ2) is 6.82. The Hall–Kier alpha value is 0.0200. The molecule has 0 aliphatic carbocycles. The highest BCUT2D eigenvalue weighted by molar-refractivity contribution is 8.00. The minimum absolute atomic E-state index is 0.0350. The maximum absolute atomic E-state index is 11.9. The lowest BCUT2D eigenvalue weighted by Gasteiger charge is -2.37. The first-order valence-electron chi connectivity index (χ1n) is 5.68. The van der Waals surface area contributed by atoms with Crippen LogP contribution >= 0.6 is 11.8 Å². The van der Waals surface area contributed by atoms with Crippen molar-refractivity contribution in [1.29, 1.82) is 0 Å². The van der Waals surface area contributed by atoms with Gasteiger partial charge in [0.05, 0.1) is 0 Å². The Balaban J connectivity index is 2.09. The van der Waals surface area contributed by atoms with Gasteiger partial charge in [-0.05, 0) is 25.9 Å². The van der Waals surface area contributed by atoms with Crippen LogP contribution in [0.25, 0.3) is 0 Å². The first-order chi connectivity index (χ1) is 7.88. The highest BCUT2D eigenvalue weighted by Gasteiger charge is 2.27. The summed E-state index contributed by atoms with van der Waals surface area (Å²) in [4.78, 5) is 4.50. The second-order valence-corrected chi connectivity index (χ2v) is 5.55. The standard InChI is InChI=1S/C10H20F3N3S/c1-15-4-5-16(2)9(8-15)7-14-3-6-17-10(11,12)13/h9,14H,3-8H2,1-2H3.